The van der Waals surface area contributed by atoms with Gasteiger partial charge in [0.05, 0.1) is 10.4 Å². The molecule has 0 unspecified atom stereocenters. The second-order valence-corrected chi connectivity index (χ2v) is 9.86. The zero-order valence-corrected chi connectivity index (χ0v) is 16.2. The number of aromatic nitrogens is 2. The maximum absolute atomic E-state index is 6.43. The van der Waals surface area contributed by atoms with Crippen molar-refractivity contribution in [2.45, 2.75) is 30.4 Å². The number of rotatable bonds is 5. The monoisotopic (exact) mass is 386 g/mol. The molecule has 0 atom stereocenters. The Morgan fingerprint density at radius 2 is 2.09 bits per heavy atom. The van der Waals surface area contributed by atoms with E-state index < -0.39 is 0 Å². The fourth-order valence-corrected chi connectivity index (χ4v) is 6.88. The highest BCUT2D eigenvalue weighted by atomic mass is 35.5. The van der Waals surface area contributed by atoms with Crippen LogP contribution in [0.2, 0.25) is 10.0 Å². The van der Waals surface area contributed by atoms with Crippen molar-refractivity contribution in [3.8, 4) is 0 Å². The van der Waals surface area contributed by atoms with Gasteiger partial charge in [0.2, 0.25) is 0 Å². The molecule has 1 aromatic heterocycles. The van der Waals surface area contributed by atoms with Crippen molar-refractivity contribution in [1.29, 1.82) is 0 Å². The van der Waals surface area contributed by atoms with Gasteiger partial charge in [-0.1, -0.05) is 42.6 Å². The van der Waals surface area contributed by atoms with E-state index in [-0.39, 0.29) is 4.08 Å². The highest BCUT2D eigenvalue weighted by Gasteiger charge is 2.37. The molecule has 0 spiro atoms. The van der Waals surface area contributed by atoms with Crippen LogP contribution in [0.1, 0.15) is 18.9 Å². The van der Waals surface area contributed by atoms with E-state index in [0.29, 0.717) is 5.02 Å². The van der Waals surface area contributed by atoms with Crippen molar-refractivity contribution in [1.82, 2.24) is 9.55 Å². The number of nitrogens with zero attached hydrogens (tertiary/aromatic N) is 2. The van der Waals surface area contributed by atoms with Gasteiger partial charge in [-0.15, -0.1) is 23.5 Å². The first-order valence-corrected chi connectivity index (χ1v) is 10.5. The van der Waals surface area contributed by atoms with E-state index in [1.54, 1.807) is 0 Å². The number of benzene rings is 1. The van der Waals surface area contributed by atoms with E-state index in [9.17, 15) is 0 Å². The molecule has 0 bridgehead atoms. The number of hydrogen-bond acceptors (Lipinski definition) is 3. The van der Waals surface area contributed by atoms with E-state index in [0.717, 1.165) is 23.9 Å². The molecule has 23 heavy (non-hydrogen) atoms. The first-order valence-electron chi connectivity index (χ1n) is 7.78. The average Bonchev–Trinajstić information content (AvgIpc) is 3.04. The molecule has 1 saturated heterocycles. The summed E-state index contributed by atoms with van der Waals surface area (Å²) in [6, 6.07) is 5.84. The van der Waals surface area contributed by atoms with Gasteiger partial charge in [-0.05, 0) is 41.5 Å². The third-order valence-electron chi connectivity index (χ3n) is 4.20. The van der Waals surface area contributed by atoms with Crippen LogP contribution < -0.4 is 0 Å². The quantitative estimate of drug-likeness (QED) is 0.662. The second-order valence-electron chi connectivity index (χ2n) is 5.95. The fourth-order valence-electron chi connectivity index (χ4n) is 2.73. The predicted molar refractivity (Wildman–Crippen MR) is 104 cm³/mol. The first-order chi connectivity index (χ1) is 11.1. The molecule has 0 N–H and O–H groups in total. The lowest BCUT2D eigenvalue weighted by atomic mass is 10.1. The molecule has 2 aromatic rings. The van der Waals surface area contributed by atoms with Crippen LogP contribution >= 0.6 is 46.7 Å². The van der Waals surface area contributed by atoms with Crippen LogP contribution in [-0.2, 0) is 13.0 Å². The smallest absolute Gasteiger partial charge is 0.0946 e. The molecule has 1 aliphatic rings. The summed E-state index contributed by atoms with van der Waals surface area (Å²) in [7, 11) is 0. The van der Waals surface area contributed by atoms with Crippen LogP contribution in [0.4, 0.5) is 0 Å². The standard InChI is InChI=1S/C17H20Cl2N2S2/c1-2-13-9-22-17(23-10-13,11-21-6-5-20-12-21)8-14-3-4-15(18)7-16(14)19/h3-7,12-13H,2,8-11H2,1H3. The van der Waals surface area contributed by atoms with Gasteiger partial charge in [0.15, 0.2) is 0 Å². The summed E-state index contributed by atoms with van der Waals surface area (Å²) in [6.45, 7) is 3.22. The molecule has 3 rings (SSSR count). The summed E-state index contributed by atoms with van der Waals surface area (Å²) in [5.41, 5.74) is 1.17. The second kappa shape index (κ2) is 7.73. The third kappa shape index (κ3) is 4.41. The van der Waals surface area contributed by atoms with Crippen molar-refractivity contribution in [3.63, 3.8) is 0 Å². The molecule has 2 heterocycles. The highest BCUT2D eigenvalue weighted by Crippen LogP contribution is 2.48. The molecule has 1 aromatic carbocycles. The number of imidazole rings is 1. The van der Waals surface area contributed by atoms with Gasteiger partial charge in [0.25, 0.3) is 0 Å². The van der Waals surface area contributed by atoms with Crippen LogP contribution in [0.15, 0.2) is 36.9 Å². The summed E-state index contributed by atoms with van der Waals surface area (Å²) >= 11 is 16.6. The lowest BCUT2D eigenvalue weighted by Gasteiger charge is -2.39. The Hall–Kier alpha value is -0.290. The minimum atomic E-state index is 0.101. The maximum Gasteiger partial charge on any atom is 0.0946 e. The highest BCUT2D eigenvalue weighted by molar-refractivity contribution is 8.18. The first kappa shape index (κ1) is 17.5. The molecule has 124 valence electrons. The fraction of sp³-hybridized carbons (Fsp3) is 0.471. The summed E-state index contributed by atoms with van der Waals surface area (Å²) in [6.07, 6.45) is 7.97. The minimum absolute atomic E-state index is 0.101. The van der Waals surface area contributed by atoms with E-state index >= 15 is 0 Å². The SMILES string of the molecule is CCC1CSC(Cc2ccc(Cl)cc2Cl)(Cn2ccnc2)SC1. The Kier molecular flexibility index (Phi) is 5.89. The van der Waals surface area contributed by atoms with Gasteiger partial charge in [-0.25, -0.2) is 4.98 Å². The Bertz CT molecular complexity index is 638. The van der Waals surface area contributed by atoms with Crippen LogP contribution in [-0.4, -0.2) is 25.1 Å². The van der Waals surface area contributed by atoms with Crippen LogP contribution in [0.3, 0.4) is 0 Å². The molecule has 1 aliphatic heterocycles. The van der Waals surface area contributed by atoms with Crippen molar-refractivity contribution in [2.24, 2.45) is 5.92 Å². The molecule has 0 amide bonds. The molecule has 6 heteroatoms. The molecular weight excluding hydrogens is 367 g/mol. The zero-order valence-electron chi connectivity index (χ0n) is 13.0. The predicted octanol–water partition coefficient (Wildman–Crippen LogP) is 5.64. The van der Waals surface area contributed by atoms with Gasteiger partial charge in [0, 0.05) is 29.0 Å². The van der Waals surface area contributed by atoms with Gasteiger partial charge in [0.1, 0.15) is 0 Å². The summed E-state index contributed by atoms with van der Waals surface area (Å²) in [5, 5.41) is 1.46. The van der Waals surface area contributed by atoms with Gasteiger partial charge in [-0.3, -0.25) is 0 Å². The van der Waals surface area contributed by atoms with Gasteiger partial charge >= 0.3 is 0 Å². The van der Waals surface area contributed by atoms with Crippen molar-refractivity contribution >= 4 is 46.7 Å². The van der Waals surface area contributed by atoms with Crippen LogP contribution in [0.5, 0.6) is 0 Å². The number of halogens is 2. The Balaban J connectivity index is 1.83. The topological polar surface area (TPSA) is 17.8 Å². The maximum atomic E-state index is 6.43. The lowest BCUT2D eigenvalue weighted by molar-refractivity contribution is 0.588. The van der Waals surface area contributed by atoms with Crippen LogP contribution in [0, 0.1) is 5.92 Å². The molecule has 2 nitrogen and oxygen atoms in total. The third-order valence-corrected chi connectivity index (χ3v) is 8.37. The summed E-state index contributed by atoms with van der Waals surface area (Å²) in [5.74, 6) is 3.23. The largest absolute Gasteiger partial charge is 0.335 e. The Morgan fingerprint density at radius 1 is 1.30 bits per heavy atom. The number of hydrogen-bond donors (Lipinski definition) is 0. The molecule has 0 aliphatic carbocycles. The summed E-state index contributed by atoms with van der Waals surface area (Å²) in [4.78, 5) is 4.19. The zero-order chi connectivity index (χ0) is 16.3. The normalized spacial score (nSPS) is 24.7. The van der Waals surface area contributed by atoms with Gasteiger partial charge < -0.3 is 4.57 Å². The Morgan fingerprint density at radius 3 is 2.70 bits per heavy atom. The molecular formula is C17H20Cl2N2S2. The van der Waals surface area contributed by atoms with E-state index in [1.807, 2.05) is 30.9 Å². The van der Waals surface area contributed by atoms with E-state index in [2.05, 4.69) is 46.1 Å². The van der Waals surface area contributed by atoms with Crippen molar-refractivity contribution < 1.29 is 0 Å². The summed E-state index contributed by atoms with van der Waals surface area (Å²) < 4.78 is 2.28. The molecule has 1 fully saturated rings. The molecule has 0 saturated carbocycles. The van der Waals surface area contributed by atoms with Crippen molar-refractivity contribution in [3.05, 3.63) is 52.5 Å². The van der Waals surface area contributed by atoms with Crippen LogP contribution in [0.25, 0.3) is 0 Å². The minimum Gasteiger partial charge on any atom is -0.335 e. The molecule has 0 radical (unpaired) electrons. The van der Waals surface area contributed by atoms with E-state index in [4.69, 9.17) is 23.2 Å². The average molecular weight is 387 g/mol. The van der Waals surface area contributed by atoms with Gasteiger partial charge in [-0.2, -0.15) is 0 Å². The van der Waals surface area contributed by atoms with Crippen molar-refractivity contribution in [2.75, 3.05) is 11.5 Å². The lowest BCUT2D eigenvalue weighted by Crippen LogP contribution is -2.35. The Labute approximate surface area is 156 Å². The number of thioether (sulfide) groups is 2. The van der Waals surface area contributed by atoms with E-state index in [1.165, 1.54) is 23.5 Å².